The molecular formula is C14H27NO2. The number of carbonyl (C=O) groups excluding carboxylic acids is 1. The van der Waals surface area contributed by atoms with E-state index in [-0.39, 0.29) is 5.97 Å². The van der Waals surface area contributed by atoms with Gasteiger partial charge in [-0.1, -0.05) is 26.7 Å². The van der Waals surface area contributed by atoms with Crippen LogP contribution in [0.2, 0.25) is 0 Å². The van der Waals surface area contributed by atoms with E-state index in [1.807, 2.05) is 6.92 Å². The quantitative estimate of drug-likeness (QED) is 0.752. The van der Waals surface area contributed by atoms with Crippen LogP contribution in [-0.2, 0) is 9.53 Å². The van der Waals surface area contributed by atoms with Crippen LogP contribution in [0.5, 0.6) is 0 Å². The van der Waals surface area contributed by atoms with E-state index in [0.717, 1.165) is 25.7 Å². The molecule has 3 heteroatoms. The number of hydrogen-bond acceptors (Lipinski definition) is 3. The van der Waals surface area contributed by atoms with Crippen molar-refractivity contribution in [2.45, 2.75) is 71.4 Å². The van der Waals surface area contributed by atoms with E-state index >= 15 is 0 Å². The van der Waals surface area contributed by atoms with Crippen LogP contribution in [0.4, 0.5) is 0 Å². The second-order valence-electron chi connectivity index (χ2n) is 5.46. The van der Waals surface area contributed by atoms with Gasteiger partial charge in [-0.25, -0.2) is 0 Å². The monoisotopic (exact) mass is 241 g/mol. The molecule has 3 nitrogen and oxygen atoms in total. The molecular weight excluding hydrogens is 214 g/mol. The standard InChI is InChI=1S/C14H27NO2/c1-5-12(4)15-14(13(16)17-6-2)9-7-8-11(3)10-14/h11-12,15H,5-10H2,1-4H3. The van der Waals surface area contributed by atoms with Gasteiger partial charge in [0.25, 0.3) is 0 Å². The lowest BCUT2D eigenvalue weighted by molar-refractivity contribution is -0.154. The van der Waals surface area contributed by atoms with Crippen molar-refractivity contribution in [2.24, 2.45) is 5.92 Å². The van der Waals surface area contributed by atoms with Crippen molar-refractivity contribution in [3.05, 3.63) is 0 Å². The number of esters is 1. The fraction of sp³-hybridized carbons (Fsp3) is 0.929. The van der Waals surface area contributed by atoms with Crippen molar-refractivity contribution >= 4 is 5.97 Å². The second kappa shape index (κ2) is 6.39. The van der Waals surface area contributed by atoms with E-state index in [4.69, 9.17) is 4.74 Å². The summed E-state index contributed by atoms with van der Waals surface area (Å²) in [6.07, 6.45) is 5.21. The van der Waals surface area contributed by atoms with Crippen molar-refractivity contribution in [2.75, 3.05) is 6.61 Å². The van der Waals surface area contributed by atoms with Crippen LogP contribution in [0.1, 0.15) is 59.8 Å². The molecule has 0 aromatic heterocycles. The van der Waals surface area contributed by atoms with E-state index in [1.165, 1.54) is 6.42 Å². The maximum atomic E-state index is 12.2. The van der Waals surface area contributed by atoms with E-state index in [2.05, 4.69) is 26.1 Å². The van der Waals surface area contributed by atoms with Crippen LogP contribution in [0, 0.1) is 5.92 Å². The number of nitrogens with one attached hydrogen (secondary N) is 1. The highest BCUT2D eigenvalue weighted by atomic mass is 16.5. The second-order valence-corrected chi connectivity index (χ2v) is 5.46. The number of hydrogen-bond donors (Lipinski definition) is 1. The molecule has 1 aliphatic carbocycles. The minimum Gasteiger partial charge on any atom is -0.465 e. The van der Waals surface area contributed by atoms with Gasteiger partial charge in [-0.05, 0) is 39.0 Å². The fourth-order valence-electron chi connectivity index (χ4n) is 2.77. The molecule has 3 atom stereocenters. The summed E-state index contributed by atoms with van der Waals surface area (Å²) in [7, 11) is 0. The Morgan fingerprint density at radius 3 is 2.76 bits per heavy atom. The van der Waals surface area contributed by atoms with Gasteiger partial charge >= 0.3 is 5.97 Å². The van der Waals surface area contributed by atoms with Gasteiger partial charge in [-0.2, -0.15) is 0 Å². The fourth-order valence-corrected chi connectivity index (χ4v) is 2.77. The highest BCUT2D eigenvalue weighted by Gasteiger charge is 2.43. The summed E-state index contributed by atoms with van der Waals surface area (Å²) in [4.78, 5) is 12.2. The highest BCUT2D eigenvalue weighted by molar-refractivity contribution is 5.81. The third-order valence-electron chi connectivity index (χ3n) is 3.80. The maximum absolute atomic E-state index is 12.2. The average molecular weight is 241 g/mol. The van der Waals surface area contributed by atoms with Crippen LogP contribution in [0.3, 0.4) is 0 Å². The molecule has 0 spiro atoms. The molecule has 0 amide bonds. The Kier molecular flexibility index (Phi) is 5.44. The molecule has 0 saturated heterocycles. The molecule has 0 aromatic carbocycles. The lowest BCUT2D eigenvalue weighted by Crippen LogP contribution is -2.58. The van der Waals surface area contributed by atoms with Crippen LogP contribution in [-0.4, -0.2) is 24.2 Å². The van der Waals surface area contributed by atoms with Crippen molar-refractivity contribution in [1.82, 2.24) is 5.32 Å². The summed E-state index contributed by atoms with van der Waals surface area (Å²) in [5.74, 6) is 0.552. The van der Waals surface area contributed by atoms with E-state index in [1.54, 1.807) is 0 Å². The lowest BCUT2D eigenvalue weighted by atomic mass is 9.76. The Bertz CT molecular complexity index is 255. The van der Waals surface area contributed by atoms with Crippen LogP contribution < -0.4 is 5.32 Å². The van der Waals surface area contributed by atoms with Gasteiger partial charge in [0.05, 0.1) is 6.61 Å². The molecule has 3 unspecified atom stereocenters. The normalized spacial score (nSPS) is 30.9. The Morgan fingerprint density at radius 1 is 1.53 bits per heavy atom. The largest absolute Gasteiger partial charge is 0.465 e. The molecule has 1 N–H and O–H groups in total. The van der Waals surface area contributed by atoms with Crippen LogP contribution >= 0.6 is 0 Å². The zero-order valence-corrected chi connectivity index (χ0v) is 11.7. The van der Waals surface area contributed by atoms with Gasteiger partial charge < -0.3 is 4.74 Å². The first kappa shape index (κ1) is 14.5. The SMILES string of the molecule is CCOC(=O)C1(NC(C)CC)CCCC(C)C1. The van der Waals surface area contributed by atoms with Crippen molar-refractivity contribution in [3.63, 3.8) is 0 Å². The van der Waals surface area contributed by atoms with Gasteiger partial charge in [0.1, 0.15) is 5.54 Å². The predicted molar refractivity (Wildman–Crippen MR) is 69.9 cm³/mol. The molecule has 0 heterocycles. The Hall–Kier alpha value is -0.570. The number of ether oxygens (including phenoxy) is 1. The van der Waals surface area contributed by atoms with Crippen LogP contribution in [0.15, 0.2) is 0 Å². The van der Waals surface area contributed by atoms with Gasteiger partial charge in [0, 0.05) is 6.04 Å². The predicted octanol–water partition coefficient (Wildman–Crippen LogP) is 2.89. The Labute approximate surface area is 105 Å². The molecule has 0 aromatic rings. The smallest absolute Gasteiger partial charge is 0.326 e. The summed E-state index contributed by atoms with van der Waals surface area (Å²) in [6.45, 7) is 8.85. The molecule has 1 rings (SSSR count). The number of carbonyl (C=O) groups is 1. The zero-order chi connectivity index (χ0) is 12.9. The third kappa shape index (κ3) is 3.70. The molecule has 0 aliphatic heterocycles. The Morgan fingerprint density at radius 2 is 2.24 bits per heavy atom. The first-order chi connectivity index (χ1) is 8.04. The molecule has 100 valence electrons. The van der Waals surface area contributed by atoms with Crippen molar-refractivity contribution in [1.29, 1.82) is 0 Å². The molecule has 1 fully saturated rings. The zero-order valence-electron chi connectivity index (χ0n) is 11.7. The first-order valence-corrected chi connectivity index (χ1v) is 6.99. The summed E-state index contributed by atoms with van der Waals surface area (Å²) in [5.41, 5.74) is -0.427. The summed E-state index contributed by atoms with van der Waals surface area (Å²) >= 11 is 0. The van der Waals surface area contributed by atoms with Crippen LogP contribution in [0.25, 0.3) is 0 Å². The number of rotatable bonds is 5. The van der Waals surface area contributed by atoms with Crippen molar-refractivity contribution < 1.29 is 9.53 Å². The summed E-state index contributed by atoms with van der Waals surface area (Å²) in [6, 6.07) is 0.365. The highest BCUT2D eigenvalue weighted by Crippen LogP contribution is 2.33. The van der Waals surface area contributed by atoms with E-state index < -0.39 is 5.54 Å². The topological polar surface area (TPSA) is 38.3 Å². The van der Waals surface area contributed by atoms with E-state index in [0.29, 0.717) is 18.6 Å². The summed E-state index contributed by atoms with van der Waals surface area (Å²) < 4.78 is 5.28. The first-order valence-electron chi connectivity index (χ1n) is 6.99. The molecule has 1 aliphatic rings. The van der Waals surface area contributed by atoms with Crippen molar-refractivity contribution in [3.8, 4) is 0 Å². The molecule has 0 bridgehead atoms. The van der Waals surface area contributed by atoms with E-state index in [9.17, 15) is 4.79 Å². The Balaban J connectivity index is 2.79. The molecule has 17 heavy (non-hydrogen) atoms. The van der Waals surface area contributed by atoms with Gasteiger partial charge in [-0.15, -0.1) is 0 Å². The third-order valence-corrected chi connectivity index (χ3v) is 3.80. The average Bonchev–Trinajstić information content (AvgIpc) is 2.29. The minimum absolute atomic E-state index is 0.0492. The lowest BCUT2D eigenvalue weighted by Gasteiger charge is -2.40. The van der Waals surface area contributed by atoms with Gasteiger partial charge in [0.2, 0.25) is 0 Å². The maximum Gasteiger partial charge on any atom is 0.326 e. The molecule has 0 radical (unpaired) electrons. The summed E-state index contributed by atoms with van der Waals surface area (Å²) in [5, 5.41) is 3.52. The minimum atomic E-state index is -0.427. The van der Waals surface area contributed by atoms with Gasteiger partial charge in [-0.3, -0.25) is 10.1 Å². The van der Waals surface area contributed by atoms with Gasteiger partial charge in [0.15, 0.2) is 0 Å². The molecule has 1 saturated carbocycles.